The molecule has 4 heteroatoms. The maximum Gasteiger partial charge on any atom is 0.0750 e. The first-order chi connectivity index (χ1) is 9.49. The molecule has 1 aromatic heterocycles. The first-order valence-electron chi connectivity index (χ1n) is 7.79. The van der Waals surface area contributed by atoms with Crippen LogP contribution in [0, 0.1) is 5.92 Å². The molecule has 1 heterocycles. The molecule has 0 aromatic carbocycles. The van der Waals surface area contributed by atoms with Crippen LogP contribution in [-0.4, -0.2) is 35.6 Å². The quantitative estimate of drug-likeness (QED) is 0.756. The van der Waals surface area contributed by atoms with E-state index in [1.807, 2.05) is 4.68 Å². The standard InChI is InChI=1S/C16H31N3O/c1-7-9-17-15(16(20-6)12(2)3)11-14-8-10-19(18-14)13(4)5/h8,10,12-13,15-17H,7,9,11H2,1-6H3. The highest BCUT2D eigenvalue weighted by Gasteiger charge is 2.24. The Morgan fingerprint density at radius 2 is 2.00 bits per heavy atom. The van der Waals surface area contributed by atoms with E-state index < -0.39 is 0 Å². The minimum atomic E-state index is 0.214. The highest BCUT2D eigenvalue weighted by molar-refractivity contribution is 5.03. The molecule has 0 saturated heterocycles. The third kappa shape index (κ3) is 4.91. The molecule has 1 N–H and O–H groups in total. The molecule has 1 aromatic rings. The molecule has 0 amide bonds. The van der Waals surface area contributed by atoms with Crippen molar-refractivity contribution in [3.63, 3.8) is 0 Å². The van der Waals surface area contributed by atoms with Crippen LogP contribution in [0.15, 0.2) is 12.3 Å². The first-order valence-corrected chi connectivity index (χ1v) is 7.79. The molecule has 2 unspecified atom stereocenters. The maximum absolute atomic E-state index is 5.70. The molecule has 1 rings (SSSR count). The van der Waals surface area contributed by atoms with E-state index in [0.29, 0.717) is 18.0 Å². The Hall–Kier alpha value is -0.870. The summed E-state index contributed by atoms with van der Waals surface area (Å²) >= 11 is 0. The Morgan fingerprint density at radius 1 is 1.30 bits per heavy atom. The largest absolute Gasteiger partial charge is 0.380 e. The van der Waals surface area contributed by atoms with E-state index in [0.717, 1.165) is 25.1 Å². The van der Waals surface area contributed by atoms with Crippen LogP contribution in [0.25, 0.3) is 0 Å². The summed E-state index contributed by atoms with van der Waals surface area (Å²) in [5, 5.41) is 8.27. The van der Waals surface area contributed by atoms with Crippen molar-refractivity contribution >= 4 is 0 Å². The summed E-state index contributed by atoms with van der Waals surface area (Å²) < 4.78 is 7.72. The van der Waals surface area contributed by atoms with Gasteiger partial charge in [0.1, 0.15) is 0 Å². The topological polar surface area (TPSA) is 39.1 Å². The monoisotopic (exact) mass is 281 g/mol. The van der Waals surface area contributed by atoms with Crippen LogP contribution in [0.4, 0.5) is 0 Å². The zero-order valence-corrected chi connectivity index (χ0v) is 13.9. The molecule has 20 heavy (non-hydrogen) atoms. The number of nitrogens with zero attached hydrogens (tertiary/aromatic N) is 2. The van der Waals surface area contributed by atoms with Gasteiger partial charge >= 0.3 is 0 Å². The molecule has 4 nitrogen and oxygen atoms in total. The van der Waals surface area contributed by atoms with Crippen molar-refractivity contribution in [3.05, 3.63) is 18.0 Å². The van der Waals surface area contributed by atoms with E-state index in [4.69, 9.17) is 4.74 Å². The van der Waals surface area contributed by atoms with Gasteiger partial charge in [0, 0.05) is 31.8 Å². The normalized spacial score (nSPS) is 15.0. The average molecular weight is 281 g/mol. The van der Waals surface area contributed by atoms with Gasteiger partial charge in [-0.3, -0.25) is 4.68 Å². The van der Waals surface area contributed by atoms with Crippen molar-refractivity contribution in [2.24, 2.45) is 5.92 Å². The van der Waals surface area contributed by atoms with Crippen LogP contribution >= 0.6 is 0 Å². The number of methoxy groups -OCH3 is 1. The van der Waals surface area contributed by atoms with Crippen molar-refractivity contribution in [2.75, 3.05) is 13.7 Å². The third-order valence-corrected chi connectivity index (χ3v) is 3.60. The minimum Gasteiger partial charge on any atom is -0.380 e. The van der Waals surface area contributed by atoms with Crippen molar-refractivity contribution < 1.29 is 4.74 Å². The van der Waals surface area contributed by atoms with Crippen LogP contribution in [0.3, 0.4) is 0 Å². The Labute approximate surface area is 123 Å². The highest BCUT2D eigenvalue weighted by atomic mass is 16.5. The summed E-state index contributed by atoms with van der Waals surface area (Å²) in [6.07, 6.45) is 4.32. The molecule has 0 aliphatic rings. The second-order valence-corrected chi connectivity index (χ2v) is 6.09. The third-order valence-electron chi connectivity index (χ3n) is 3.60. The molecular formula is C16H31N3O. The number of hydrogen-bond donors (Lipinski definition) is 1. The smallest absolute Gasteiger partial charge is 0.0750 e. The SMILES string of the molecule is CCCNC(Cc1ccn(C(C)C)n1)C(OC)C(C)C. The van der Waals surface area contributed by atoms with Crippen LogP contribution in [0.2, 0.25) is 0 Å². The van der Waals surface area contributed by atoms with Gasteiger partial charge < -0.3 is 10.1 Å². The molecule has 2 atom stereocenters. The van der Waals surface area contributed by atoms with Gasteiger partial charge in [-0.1, -0.05) is 20.8 Å². The van der Waals surface area contributed by atoms with Gasteiger partial charge in [0.25, 0.3) is 0 Å². The van der Waals surface area contributed by atoms with Crippen LogP contribution in [0.1, 0.15) is 52.8 Å². The predicted octanol–water partition coefficient (Wildman–Crippen LogP) is 3.05. The molecule has 0 bridgehead atoms. The van der Waals surface area contributed by atoms with Crippen LogP contribution in [0.5, 0.6) is 0 Å². The Balaban J connectivity index is 2.76. The Morgan fingerprint density at radius 3 is 2.45 bits per heavy atom. The molecule has 0 saturated carbocycles. The van der Waals surface area contributed by atoms with E-state index in [1.54, 1.807) is 7.11 Å². The van der Waals surface area contributed by atoms with E-state index in [2.05, 4.69) is 57.3 Å². The van der Waals surface area contributed by atoms with Gasteiger partial charge in [-0.15, -0.1) is 0 Å². The zero-order chi connectivity index (χ0) is 15.1. The van der Waals surface area contributed by atoms with Gasteiger partial charge in [-0.25, -0.2) is 0 Å². The highest BCUT2D eigenvalue weighted by Crippen LogP contribution is 2.15. The molecule has 0 spiro atoms. The van der Waals surface area contributed by atoms with E-state index >= 15 is 0 Å². The number of ether oxygens (including phenoxy) is 1. The van der Waals surface area contributed by atoms with Crippen molar-refractivity contribution in [2.45, 2.75) is 65.6 Å². The summed E-state index contributed by atoms with van der Waals surface area (Å²) in [6.45, 7) is 11.9. The van der Waals surface area contributed by atoms with Gasteiger partial charge in [-0.05, 0) is 38.8 Å². The zero-order valence-electron chi connectivity index (χ0n) is 13.9. The molecule has 0 radical (unpaired) electrons. The summed E-state index contributed by atoms with van der Waals surface area (Å²) in [4.78, 5) is 0. The average Bonchev–Trinajstić information content (AvgIpc) is 2.84. The van der Waals surface area contributed by atoms with E-state index in [1.165, 1.54) is 0 Å². The van der Waals surface area contributed by atoms with Crippen LogP contribution in [-0.2, 0) is 11.2 Å². The van der Waals surface area contributed by atoms with Gasteiger partial charge in [0.05, 0.1) is 11.8 Å². The Bertz CT molecular complexity index is 374. The maximum atomic E-state index is 5.70. The fourth-order valence-corrected chi connectivity index (χ4v) is 2.53. The Kier molecular flexibility index (Phi) is 7.24. The number of hydrogen-bond acceptors (Lipinski definition) is 3. The summed E-state index contributed by atoms with van der Waals surface area (Å²) in [5.41, 5.74) is 1.13. The van der Waals surface area contributed by atoms with Crippen molar-refractivity contribution in [1.82, 2.24) is 15.1 Å². The van der Waals surface area contributed by atoms with Crippen LogP contribution < -0.4 is 5.32 Å². The molecular weight excluding hydrogens is 250 g/mol. The van der Waals surface area contributed by atoms with E-state index in [9.17, 15) is 0 Å². The summed E-state index contributed by atoms with van der Waals surface area (Å²) in [6, 6.07) is 2.85. The lowest BCUT2D eigenvalue weighted by molar-refractivity contribution is 0.0329. The van der Waals surface area contributed by atoms with E-state index in [-0.39, 0.29) is 6.10 Å². The fourth-order valence-electron chi connectivity index (χ4n) is 2.53. The second kappa shape index (κ2) is 8.42. The molecule has 116 valence electrons. The number of aromatic nitrogens is 2. The second-order valence-electron chi connectivity index (χ2n) is 6.09. The predicted molar refractivity (Wildman–Crippen MR) is 84.0 cm³/mol. The van der Waals surface area contributed by atoms with Crippen molar-refractivity contribution in [1.29, 1.82) is 0 Å². The number of nitrogens with one attached hydrogen (secondary N) is 1. The molecule has 0 fully saturated rings. The molecule has 0 aliphatic heterocycles. The first kappa shape index (κ1) is 17.2. The lowest BCUT2D eigenvalue weighted by Gasteiger charge is -2.29. The summed E-state index contributed by atoms with van der Waals surface area (Å²) in [5.74, 6) is 0.488. The fraction of sp³-hybridized carbons (Fsp3) is 0.812. The lowest BCUT2D eigenvalue weighted by Crippen LogP contribution is -2.45. The van der Waals surface area contributed by atoms with Gasteiger partial charge in [0.2, 0.25) is 0 Å². The van der Waals surface area contributed by atoms with Gasteiger partial charge in [0.15, 0.2) is 0 Å². The molecule has 0 aliphatic carbocycles. The summed E-state index contributed by atoms with van der Waals surface area (Å²) in [7, 11) is 1.80. The lowest BCUT2D eigenvalue weighted by atomic mass is 9.95. The van der Waals surface area contributed by atoms with Crippen molar-refractivity contribution in [3.8, 4) is 0 Å². The number of rotatable bonds is 9. The van der Waals surface area contributed by atoms with Gasteiger partial charge in [-0.2, -0.15) is 5.10 Å². The minimum absolute atomic E-state index is 0.214.